The van der Waals surface area contributed by atoms with E-state index in [0.717, 1.165) is 0 Å². The van der Waals surface area contributed by atoms with Crippen LogP contribution < -0.4 is 0 Å². The first-order chi connectivity index (χ1) is 13.1. The van der Waals surface area contributed by atoms with Crippen molar-refractivity contribution in [3.63, 3.8) is 0 Å². The van der Waals surface area contributed by atoms with Gasteiger partial charge in [0.25, 0.3) is 0 Å². The maximum atomic E-state index is 13.4. The van der Waals surface area contributed by atoms with Crippen molar-refractivity contribution in [1.29, 1.82) is 0 Å². The molecule has 0 spiro atoms. The number of methoxy groups -OCH3 is 1. The van der Waals surface area contributed by atoms with E-state index in [1.165, 1.54) is 0 Å². The van der Waals surface area contributed by atoms with Gasteiger partial charge in [-0.1, -0.05) is 0 Å². The van der Waals surface area contributed by atoms with Gasteiger partial charge in [-0.05, 0) is 12.3 Å². The summed E-state index contributed by atoms with van der Waals surface area (Å²) in [6.45, 7) is -1.14. The Bertz CT molecular complexity index is 526. The Morgan fingerprint density at radius 1 is 0.467 bits per heavy atom. The summed E-state index contributed by atoms with van der Waals surface area (Å²) in [5, 5.41) is 0. The summed E-state index contributed by atoms with van der Waals surface area (Å²) < 4.78 is 204. The number of halogens is 15. The number of rotatable bonds is 3. The molecule has 0 aliphatic heterocycles. The molecule has 0 N–H and O–H groups in total. The van der Waals surface area contributed by atoms with Crippen LogP contribution in [0.3, 0.4) is 0 Å². The SMILES string of the molecule is COCCC1C(C(F)(F)F)C(C(F)(F)F)C(C(F)(F)F)C(C(F)(F)F)C1C(F)(F)F. The van der Waals surface area contributed by atoms with E-state index in [4.69, 9.17) is 0 Å². The summed E-state index contributed by atoms with van der Waals surface area (Å²) in [6, 6.07) is 0. The van der Waals surface area contributed by atoms with E-state index in [2.05, 4.69) is 4.74 Å². The molecule has 0 saturated heterocycles. The lowest BCUT2D eigenvalue weighted by molar-refractivity contribution is -0.391. The van der Waals surface area contributed by atoms with Crippen LogP contribution in [-0.4, -0.2) is 44.6 Å². The predicted octanol–water partition coefficient (Wildman–Crippen LogP) is 6.55. The molecule has 0 bridgehead atoms. The van der Waals surface area contributed by atoms with Gasteiger partial charge in [-0.25, -0.2) is 0 Å². The Kier molecular flexibility index (Phi) is 7.29. The van der Waals surface area contributed by atoms with E-state index in [1.807, 2.05) is 0 Å². The Morgan fingerprint density at radius 3 is 0.900 bits per heavy atom. The van der Waals surface area contributed by atoms with Crippen LogP contribution >= 0.6 is 0 Å². The highest BCUT2D eigenvalue weighted by atomic mass is 19.4. The molecule has 1 aliphatic carbocycles. The van der Waals surface area contributed by atoms with Crippen molar-refractivity contribution in [3.05, 3.63) is 0 Å². The lowest BCUT2D eigenvalue weighted by Gasteiger charge is -2.53. The molecule has 1 saturated carbocycles. The van der Waals surface area contributed by atoms with E-state index in [-0.39, 0.29) is 0 Å². The second-order valence-electron chi connectivity index (χ2n) is 6.78. The predicted molar refractivity (Wildman–Crippen MR) is 67.7 cm³/mol. The average Bonchev–Trinajstić information content (AvgIpc) is 2.45. The Morgan fingerprint density at radius 2 is 0.700 bits per heavy atom. The quantitative estimate of drug-likeness (QED) is 0.415. The lowest BCUT2D eigenvalue weighted by Crippen LogP contribution is -2.65. The van der Waals surface area contributed by atoms with Crippen molar-refractivity contribution in [3.8, 4) is 0 Å². The molecule has 0 aromatic rings. The Balaban J connectivity index is 4.00. The molecule has 0 radical (unpaired) electrons. The van der Waals surface area contributed by atoms with E-state index < -0.39 is 79.4 Å². The fourth-order valence-electron chi connectivity index (χ4n) is 4.15. The largest absolute Gasteiger partial charge is 0.393 e. The maximum Gasteiger partial charge on any atom is 0.393 e. The first-order valence-corrected chi connectivity index (χ1v) is 7.88. The van der Waals surface area contributed by atoms with Crippen LogP contribution in [0.4, 0.5) is 65.9 Å². The van der Waals surface area contributed by atoms with Crippen LogP contribution in [0.5, 0.6) is 0 Å². The highest BCUT2D eigenvalue weighted by Gasteiger charge is 2.78. The van der Waals surface area contributed by atoms with Gasteiger partial charge in [0.1, 0.15) is 0 Å². The van der Waals surface area contributed by atoms with Gasteiger partial charge < -0.3 is 4.74 Å². The van der Waals surface area contributed by atoms with Gasteiger partial charge in [-0.2, -0.15) is 65.9 Å². The van der Waals surface area contributed by atoms with E-state index in [1.54, 1.807) is 0 Å². The molecule has 0 aromatic carbocycles. The summed E-state index contributed by atoms with van der Waals surface area (Å²) in [5.74, 6) is -26.9. The van der Waals surface area contributed by atoms with Crippen molar-refractivity contribution >= 4 is 0 Å². The third kappa shape index (κ3) is 5.58. The van der Waals surface area contributed by atoms with Crippen LogP contribution in [0.2, 0.25) is 0 Å². The number of hydrogen-bond donors (Lipinski definition) is 0. The van der Waals surface area contributed by atoms with Gasteiger partial charge in [0.05, 0.1) is 29.6 Å². The minimum atomic E-state index is -6.67. The Hall–Kier alpha value is -1.09. The summed E-state index contributed by atoms with van der Waals surface area (Å²) in [7, 11) is 0.690. The van der Waals surface area contributed by atoms with Crippen molar-refractivity contribution in [2.75, 3.05) is 13.7 Å². The number of alkyl halides is 15. The summed E-state index contributed by atoms with van der Waals surface area (Å²) >= 11 is 0. The summed E-state index contributed by atoms with van der Waals surface area (Å²) in [6.07, 6.45) is -34.0. The molecule has 30 heavy (non-hydrogen) atoms. The van der Waals surface area contributed by atoms with Crippen LogP contribution in [0.1, 0.15) is 6.42 Å². The van der Waals surface area contributed by atoms with Crippen molar-refractivity contribution < 1.29 is 70.6 Å². The summed E-state index contributed by atoms with van der Waals surface area (Å²) in [4.78, 5) is 0. The first kappa shape index (κ1) is 26.9. The van der Waals surface area contributed by atoms with E-state index in [0.29, 0.717) is 7.11 Å². The van der Waals surface area contributed by atoms with Crippen molar-refractivity contribution in [1.82, 2.24) is 0 Å². The molecule has 1 nitrogen and oxygen atoms in total. The van der Waals surface area contributed by atoms with Gasteiger partial charge in [-0.15, -0.1) is 0 Å². The van der Waals surface area contributed by atoms with Gasteiger partial charge in [0.2, 0.25) is 0 Å². The minimum Gasteiger partial charge on any atom is -0.385 e. The molecular formula is C14H13F15O. The van der Waals surface area contributed by atoms with Gasteiger partial charge >= 0.3 is 30.9 Å². The monoisotopic (exact) mass is 482 g/mol. The highest BCUT2D eigenvalue weighted by molar-refractivity contribution is 5.06. The third-order valence-corrected chi connectivity index (χ3v) is 5.02. The molecule has 4 atom stereocenters. The smallest absolute Gasteiger partial charge is 0.385 e. The molecule has 0 heterocycles. The Labute approximate surface area is 158 Å². The zero-order valence-electron chi connectivity index (χ0n) is 14.5. The van der Waals surface area contributed by atoms with Gasteiger partial charge in [-0.3, -0.25) is 0 Å². The zero-order valence-corrected chi connectivity index (χ0v) is 14.5. The first-order valence-electron chi connectivity index (χ1n) is 7.88. The molecule has 1 rings (SSSR count). The lowest BCUT2D eigenvalue weighted by atomic mass is 9.54. The van der Waals surface area contributed by atoms with Gasteiger partial charge in [0, 0.05) is 13.7 Å². The minimum absolute atomic E-state index is 0.690. The summed E-state index contributed by atoms with van der Waals surface area (Å²) in [5.41, 5.74) is 0. The molecule has 180 valence electrons. The average molecular weight is 482 g/mol. The van der Waals surface area contributed by atoms with Crippen molar-refractivity contribution in [2.24, 2.45) is 35.5 Å². The highest BCUT2D eigenvalue weighted by Crippen LogP contribution is 2.66. The van der Waals surface area contributed by atoms with Gasteiger partial charge in [0.15, 0.2) is 0 Å². The topological polar surface area (TPSA) is 9.23 Å². The second-order valence-corrected chi connectivity index (χ2v) is 6.78. The van der Waals surface area contributed by atoms with Crippen molar-refractivity contribution in [2.45, 2.75) is 37.3 Å². The molecule has 0 amide bonds. The third-order valence-electron chi connectivity index (χ3n) is 5.02. The molecule has 4 unspecified atom stereocenters. The number of ether oxygens (including phenoxy) is 1. The van der Waals surface area contributed by atoms with E-state index in [9.17, 15) is 65.9 Å². The molecule has 1 aliphatic rings. The van der Waals surface area contributed by atoms with Crippen LogP contribution in [0.15, 0.2) is 0 Å². The number of hydrogen-bond acceptors (Lipinski definition) is 1. The fourth-order valence-corrected chi connectivity index (χ4v) is 4.15. The maximum absolute atomic E-state index is 13.4. The molecular weight excluding hydrogens is 469 g/mol. The fraction of sp³-hybridized carbons (Fsp3) is 1.00. The van der Waals surface area contributed by atoms with Crippen LogP contribution in [-0.2, 0) is 4.74 Å². The normalized spacial score (nSPS) is 32.4. The van der Waals surface area contributed by atoms with Crippen LogP contribution in [0, 0.1) is 35.5 Å². The van der Waals surface area contributed by atoms with E-state index >= 15 is 0 Å². The molecule has 16 heteroatoms. The zero-order chi connectivity index (χ0) is 24.1. The second kappa shape index (κ2) is 8.11. The standard InChI is InChI=1S/C14H13F15O/c1-30-3-2-4-5(10(15,16)17)7(12(21,22)23)9(14(27,28)29)8(13(24,25)26)6(4)11(18,19)20/h4-9H,2-3H2,1H3. The molecule has 0 aromatic heterocycles. The molecule has 1 fully saturated rings. The van der Waals surface area contributed by atoms with Crippen LogP contribution in [0.25, 0.3) is 0 Å².